The zero-order valence-electron chi connectivity index (χ0n) is 16.8. The van der Waals surface area contributed by atoms with E-state index in [0.717, 1.165) is 43.2 Å². The molecule has 0 saturated heterocycles. The Hall–Kier alpha value is -2.23. The number of nitrogens with zero attached hydrogens (tertiary/aromatic N) is 1. The molecule has 1 aliphatic carbocycles. The number of allylic oxidation sites excluding steroid dienone is 1. The molecule has 5 heteroatoms. The van der Waals surface area contributed by atoms with E-state index in [1.54, 1.807) is 6.07 Å². The highest BCUT2D eigenvalue weighted by atomic mass is 35.5. The van der Waals surface area contributed by atoms with Gasteiger partial charge in [0.05, 0.1) is 10.5 Å². The summed E-state index contributed by atoms with van der Waals surface area (Å²) in [5.41, 5.74) is 10.7. The van der Waals surface area contributed by atoms with Crippen molar-refractivity contribution in [3.63, 3.8) is 0 Å². The maximum Gasteiger partial charge on any atom is 0.142 e. The maximum atomic E-state index is 13.6. The van der Waals surface area contributed by atoms with Crippen molar-refractivity contribution in [2.45, 2.75) is 38.5 Å². The van der Waals surface area contributed by atoms with E-state index in [1.807, 2.05) is 24.3 Å². The summed E-state index contributed by atoms with van der Waals surface area (Å²) >= 11 is 12.0. The van der Waals surface area contributed by atoms with Crippen molar-refractivity contribution in [2.75, 3.05) is 0 Å². The zero-order chi connectivity index (χ0) is 21.3. The van der Waals surface area contributed by atoms with E-state index in [0.29, 0.717) is 16.8 Å². The van der Waals surface area contributed by atoms with Gasteiger partial charge in [-0.05, 0) is 79.8 Å². The third-order valence-electron chi connectivity index (χ3n) is 5.98. The van der Waals surface area contributed by atoms with Gasteiger partial charge in [-0.1, -0.05) is 54.1 Å². The molecular weight excluding hydrogens is 418 g/mol. The standard InChI is InChI=1S/C25H25Cl2FN2/c1-16(29)30-24-13-9-17(4-2-6-18-8-12-22(27)23(28)14-18)5-3-7-20(24)21-11-10-19(26)15-25(21)30/h2,6,8,10-12,14-15,17H,1,3-5,7,9,13,29H2/b6-2+. The molecule has 1 heterocycles. The highest BCUT2D eigenvalue weighted by Gasteiger charge is 2.22. The molecule has 2 nitrogen and oxygen atoms in total. The second-order valence-electron chi connectivity index (χ2n) is 8.02. The Balaban J connectivity index is 1.53. The Morgan fingerprint density at radius 3 is 2.77 bits per heavy atom. The molecule has 0 bridgehead atoms. The van der Waals surface area contributed by atoms with Crippen LogP contribution in [0.2, 0.25) is 10.0 Å². The maximum absolute atomic E-state index is 13.6. The highest BCUT2D eigenvalue weighted by molar-refractivity contribution is 6.31. The molecule has 1 unspecified atom stereocenters. The Morgan fingerprint density at radius 1 is 1.17 bits per heavy atom. The summed E-state index contributed by atoms with van der Waals surface area (Å²) in [6.07, 6.45) is 10.4. The lowest BCUT2D eigenvalue weighted by atomic mass is 9.87. The van der Waals surface area contributed by atoms with Gasteiger partial charge < -0.3 is 10.3 Å². The van der Waals surface area contributed by atoms with Crippen LogP contribution in [-0.2, 0) is 12.8 Å². The van der Waals surface area contributed by atoms with Gasteiger partial charge in [-0.15, -0.1) is 0 Å². The predicted molar refractivity (Wildman–Crippen MR) is 126 cm³/mol. The second kappa shape index (κ2) is 8.87. The molecule has 0 aliphatic heterocycles. The van der Waals surface area contributed by atoms with Gasteiger partial charge in [0.1, 0.15) is 11.6 Å². The van der Waals surface area contributed by atoms with Crippen LogP contribution >= 0.6 is 23.2 Å². The van der Waals surface area contributed by atoms with Gasteiger partial charge in [0.25, 0.3) is 0 Å². The van der Waals surface area contributed by atoms with Crippen molar-refractivity contribution < 1.29 is 4.39 Å². The Morgan fingerprint density at radius 2 is 2.00 bits per heavy atom. The molecule has 0 spiro atoms. The van der Waals surface area contributed by atoms with Gasteiger partial charge >= 0.3 is 0 Å². The first-order valence-corrected chi connectivity index (χ1v) is 11.1. The van der Waals surface area contributed by atoms with E-state index in [4.69, 9.17) is 28.9 Å². The van der Waals surface area contributed by atoms with Crippen LogP contribution in [0.4, 0.5) is 4.39 Å². The summed E-state index contributed by atoms with van der Waals surface area (Å²) in [5, 5.41) is 2.09. The van der Waals surface area contributed by atoms with Crippen LogP contribution in [0.25, 0.3) is 22.8 Å². The summed E-state index contributed by atoms with van der Waals surface area (Å²) in [5.74, 6) is 0.727. The molecular formula is C25H25Cl2FN2. The van der Waals surface area contributed by atoms with E-state index < -0.39 is 0 Å². The molecule has 3 aromatic rings. The smallest absolute Gasteiger partial charge is 0.142 e. The molecule has 2 aromatic carbocycles. The topological polar surface area (TPSA) is 30.9 Å². The minimum Gasteiger partial charge on any atom is -0.385 e. The number of hydrogen-bond acceptors (Lipinski definition) is 1. The molecule has 30 heavy (non-hydrogen) atoms. The van der Waals surface area contributed by atoms with Crippen molar-refractivity contribution in [1.82, 2.24) is 4.57 Å². The Bertz CT molecular complexity index is 1130. The number of hydrogen-bond donors (Lipinski definition) is 1. The molecule has 0 amide bonds. The Kier molecular flexibility index (Phi) is 6.21. The van der Waals surface area contributed by atoms with Crippen LogP contribution in [0.15, 0.2) is 49.1 Å². The number of aryl methyl sites for hydroxylation is 1. The van der Waals surface area contributed by atoms with E-state index >= 15 is 0 Å². The van der Waals surface area contributed by atoms with Crippen LogP contribution in [0.3, 0.4) is 0 Å². The van der Waals surface area contributed by atoms with Crippen LogP contribution in [-0.4, -0.2) is 4.57 Å². The number of fused-ring (bicyclic) bond motifs is 3. The van der Waals surface area contributed by atoms with E-state index in [1.165, 1.54) is 29.1 Å². The summed E-state index contributed by atoms with van der Waals surface area (Å²) in [6.45, 7) is 4.00. The second-order valence-corrected chi connectivity index (χ2v) is 8.87. The van der Waals surface area contributed by atoms with Gasteiger partial charge in [0, 0.05) is 16.1 Å². The first kappa shape index (κ1) is 21.0. The number of halogens is 3. The van der Waals surface area contributed by atoms with Gasteiger partial charge in [-0.25, -0.2) is 4.39 Å². The van der Waals surface area contributed by atoms with E-state index in [2.05, 4.69) is 23.3 Å². The van der Waals surface area contributed by atoms with E-state index in [-0.39, 0.29) is 10.8 Å². The fourth-order valence-corrected chi connectivity index (χ4v) is 4.84. The van der Waals surface area contributed by atoms with Crippen molar-refractivity contribution >= 4 is 46.0 Å². The fraction of sp³-hybridized carbons (Fsp3) is 0.280. The van der Waals surface area contributed by atoms with Crippen LogP contribution < -0.4 is 5.73 Å². The van der Waals surface area contributed by atoms with Crippen molar-refractivity contribution in [2.24, 2.45) is 11.7 Å². The minimum absolute atomic E-state index is 0.154. The minimum atomic E-state index is -0.382. The molecule has 0 saturated carbocycles. The predicted octanol–water partition coefficient (Wildman–Crippen LogP) is 7.46. The van der Waals surface area contributed by atoms with Crippen molar-refractivity contribution in [3.8, 4) is 0 Å². The van der Waals surface area contributed by atoms with Crippen LogP contribution in [0.5, 0.6) is 0 Å². The first-order valence-electron chi connectivity index (χ1n) is 10.3. The lowest BCUT2D eigenvalue weighted by molar-refractivity contribution is 0.429. The lowest BCUT2D eigenvalue weighted by Gasteiger charge is -2.20. The third-order valence-corrected chi connectivity index (χ3v) is 6.52. The zero-order valence-corrected chi connectivity index (χ0v) is 18.3. The number of nitrogens with two attached hydrogens (primary N) is 1. The van der Waals surface area contributed by atoms with Crippen LogP contribution in [0.1, 0.15) is 42.5 Å². The quantitative estimate of drug-likeness (QED) is 0.446. The average molecular weight is 443 g/mol. The normalized spacial score (nSPS) is 17.1. The molecule has 1 aliphatic rings. The monoisotopic (exact) mass is 442 g/mol. The fourth-order valence-electron chi connectivity index (χ4n) is 4.55. The molecule has 0 radical (unpaired) electrons. The number of benzene rings is 2. The average Bonchev–Trinajstić information content (AvgIpc) is 2.98. The summed E-state index contributed by atoms with van der Waals surface area (Å²) in [7, 11) is 0. The molecule has 0 fully saturated rings. The molecule has 2 N–H and O–H groups in total. The summed E-state index contributed by atoms with van der Waals surface area (Å²) in [6, 6.07) is 10.9. The molecule has 1 aromatic heterocycles. The molecule has 1 atom stereocenters. The van der Waals surface area contributed by atoms with Gasteiger partial charge in [0.15, 0.2) is 0 Å². The highest BCUT2D eigenvalue weighted by Crippen LogP contribution is 2.35. The molecule has 156 valence electrons. The third kappa shape index (κ3) is 4.28. The number of aromatic nitrogens is 1. The van der Waals surface area contributed by atoms with Crippen molar-refractivity contribution in [3.05, 3.63) is 81.7 Å². The number of rotatable bonds is 4. The lowest BCUT2D eigenvalue weighted by Crippen LogP contribution is -2.13. The Labute approximate surface area is 186 Å². The SMILES string of the molecule is C=C(N)n1c2c(c3ccc(Cl)cc31)CCCC(C/C=C/c1ccc(Cl)c(F)c1)CC2. The summed E-state index contributed by atoms with van der Waals surface area (Å²) in [4.78, 5) is 0. The van der Waals surface area contributed by atoms with Gasteiger partial charge in [0.2, 0.25) is 0 Å². The first-order chi connectivity index (χ1) is 14.4. The summed E-state index contributed by atoms with van der Waals surface area (Å²) < 4.78 is 15.7. The van der Waals surface area contributed by atoms with Crippen molar-refractivity contribution in [1.29, 1.82) is 0 Å². The van der Waals surface area contributed by atoms with Gasteiger partial charge in [-0.3, -0.25) is 0 Å². The van der Waals surface area contributed by atoms with Crippen LogP contribution in [0, 0.1) is 11.7 Å². The molecule has 4 rings (SSSR count). The largest absolute Gasteiger partial charge is 0.385 e. The van der Waals surface area contributed by atoms with E-state index in [9.17, 15) is 4.39 Å². The van der Waals surface area contributed by atoms with Gasteiger partial charge in [-0.2, -0.15) is 0 Å².